The maximum Gasteiger partial charge on any atom is 0.333 e. The van der Waals surface area contributed by atoms with Crippen LogP contribution in [0, 0.1) is 13.8 Å². The fraction of sp³-hybridized carbons (Fsp3) is 0.446. The van der Waals surface area contributed by atoms with Gasteiger partial charge in [0.15, 0.2) is 0 Å². The topological polar surface area (TPSA) is 6.48 Å². The Hall–Kier alpha value is -5.02. The Balaban J connectivity index is 1.23. The van der Waals surface area contributed by atoms with Crippen molar-refractivity contribution >= 4 is 46.2 Å². The van der Waals surface area contributed by atoms with E-state index in [1.165, 1.54) is 156 Å². The summed E-state index contributed by atoms with van der Waals surface area (Å²) < 4.78 is 0. The fourth-order valence-electron chi connectivity index (χ4n) is 14.6. The first-order valence-corrected chi connectivity index (χ1v) is 26.3. The number of aryl methyl sites for hydroxylation is 2. The van der Waals surface area contributed by atoms with Crippen LogP contribution in [0.1, 0.15) is 191 Å². The number of benzene rings is 6. The third kappa shape index (κ3) is 5.95. The highest BCUT2D eigenvalue weighted by Gasteiger charge is 2.50. The van der Waals surface area contributed by atoms with E-state index in [0.29, 0.717) is 0 Å². The first kappa shape index (κ1) is 44.2. The molecule has 12 rings (SSSR count). The van der Waals surface area contributed by atoms with Crippen molar-refractivity contribution in [1.29, 1.82) is 0 Å². The van der Waals surface area contributed by atoms with E-state index in [0.717, 1.165) is 0 Å². The van der Waals surface area contributed by atoms with Crippen LogP contribution in [0.15, 0.2) is 91.0 Å². The molecule has 0 aromatic heterocycles. The van der Waals surface area contributed by atoms with E-state index in [9.17, 15) is 0 Å². The molecule has 0 atom stereocenters. The molecule has 0 saturated heterocycles. The lowest BCUT2D eigenvalue weighted by atomic mass is 9.43. The highest BCUT2D eigenvalue weighted by Crippen LogP contribution is 2.58. The largest absolute Gasteiger partial charge is 0.376 e. The number of rotatable bonds is 2. The van der Waals surface area contributed by atoms with Crippen molar-refractivity contribution in [3.05, 3.63) is 147 Å². The lowest BCUT2D eigenvalue weighted by Crippen LogP contribution is -2.62. The maximum absolute atomic E-state index is 2.84. The molecular formula is C65H75BN2. The van der Waals surface area contributed by atoms with Gasteiger partial charge in [-0.2, -0.15) is 0 Å². The molecule has 0 amide bonds. The van der Waals surface area contributed by atoms with Gasteiger partial charge in [0.1, 0.15) is 0 Å². The molecule has 68 heavy (non-hydrogen) atoms. The minimum absolute atomic E-state index is 0.0515. The molecule has 3 heteroatoms. The molecule has 6 aliphatic rings. The molecule has 6 aromatic rings. The number of anilines is 5. The van der Waals surface area contributed by atoms with E-state index in [-0.39, 0.29) is 44.8 Å². The van der Waals surface area contributed by atoms with Crippen molar-refractivity contribution in [1.82, 2.24) is 0 Å². The molecule has 4 aliphatic carbocycles. The summed E-state index contributed by atoms with van der Waals surface area (Å²) in [6, 6.07) is 37.9. The Labute approximate surface area is 410 Å². The number of fused-ring (bicyclic) bond motifs is 10. The van der Waals surface area contributed by atoms with E-state index in [4.69, 9.17) is 0 Å². The monoisotopic (exact) mass is 895 g/mol. The summed E-state index contributed by atoms with van der Waals surface area (Å²) in [6.45, 7) is 39.4. The molecule has 2 aliphatic heterocycles. The van der Waals surface area contributed by atoms with Gasteiger partial charge in [-0.1, -0.05) is 145 Å². The van der Waals surface area contributed by atoms with Crippen LogP contribution >= 0.6 is 0 Å². The van der Waals surface area contributed by atoms with E-state index >= 15 is 0 Å². The van der Waals surface area contributed by atoms with Crippen molar-refractivity contribution in [2.24, 2.45) is 0 Å². The van der Waals surface area contributed by atoms with Gasteiger partial charge in [-0.05, 0) is 211 Å². The fourth-order valence-corrected chi connectivity index (χ4v) is 14.6. The lowest BCUT2D eigenvalue weighted by Gasteiger charge is -2.49. The second-order valence-electron chi connectivity index (χ2n) is 27.1. The molecule has 2 nitrogen and oxygen atoms in total. The van der Waals surface area contributed by atoms with Crippen LogP contribution < -0.4 is 20.6 Å². The van der Waals surface area contributed by atoms with Crippen LogP contribution in [0.4, 0.5) is 28.4 Å². The van der Waals surface area contributed by atoms with Gasteiger partial charge in [-0.15, -0.1) is 0 Å². The summed E-state index contributed by atoms with van der Waals surface area (Å²) >= 11 is 0. The molecule has 348 valence electrons. The molecule has 0 bridgehead atoms. The van der Waals surface area contributed by atoms with Gasteiger partial charge in [-0.25, -0.2) is 0 Å². The summed E-state index contributed by atoms with van der Waals surface area (Å²) in [6.07, 6.45) is 7.16. The molecule has 0 radical (unpaired) electrons. The quantitative estimate of drug-likeness (QED) is 0.160. The second kappa shape index (κ2) is 13.6. The van der Waals surface area contributed by atoms with E-state index in [1.807, 2.05) is 0 Å². The van der Waals surface area contributed by atoms with Crippen molar-refractivity contribution < 1.29 is 0 Å². The zero-order chi connectivity index (χ0) is 48.2. The SMILES string of the molecule is Cc1cc2c3c(c1)N(c1cc4c(cc1C)C(C)(C)CCC4(C)C)c1cc4c(cc1B3N(c1ccc3c(c1)C(C)(C)CCC3(C)C)c1cc3c(cc1-2)C(C)(C)CCC3(C)C)-c1ccccc1C4(C)C. The average Bonchev–Trinajstić information content (AvgIpc) is 3.49. The lowest BCUT2D eigenvalue weighted by molar-refractivity contribution is 0.332. The minimum Gasteiger partial charge on any atom is -0.376 e. The van der Waals surface area contributed by atoms with Crippen LogP contribution in [0.25, 0.3) is 22.3 Å². The maximum atomic E-state index is 2.84. The Morgan fingerprint density at radius 1 is 0.382 bits per heavy atom. The standard InChI is InChI=1S/C65H75BN2/c1-38-29-44-43-33-50-52(64(13,14)28-26-62(50,9)10)37-55(43)68(40-21-22-46-49(32-40)61(7,8)24-23-59(46,3)4)66-53-34-42-41-19-17-18-20-45(41)65(15,16)47(42)35-56(53)67(57(30-38)58(44)66)54-36-51-48(31-39(54)2)60(5,6)25-27-63(51,11)12/h17-22,29-37H,23-28H2,1-16H3. The summed E-state index contributed by atoms with van der Waals surface area (Å²) in [5, 5.41) is 0. The Morgan fingerprint density at radius 3 is 1.51 bits per heavy atom. The third-order valence-electron chi connectivity index (χ3n) is 19.4. The van der Waals surface area contributed by atoms with Crippen LogP contribution in [0.5, 0.6) is 0 Å². The van der Waals surface area contributed by atoms with Gasteiger partial charge < -0.3 is 9.71 Å². The summed E-state index contributed by atoms with van der Waals surface area (Å²) in [7, 11) is 0. The summed E-state index contributed by atoms with van der Waals surface area (Å²) in [5.41, 5.74) is 30.0. The Morgan fingerprint density at radius 2 is 0.897 bits per heavy atom. The normalized spacial score (nSPS) is 21.6. The molecule has 0 N–H and O–H groups in total. The molecule has 2 heterocycles. The number of hydrogen-bond donors (Lipinski definition) is 0. The van der Waals surface area contributed by atoms with Crippen molar-refractivity contribution in [3.8, 4) is 22.3 Å². The molecule has 0 spiro atoms. The van der Waals surface area contributed by atoms with Crippen molar-refractivity contribution in [2.45, 2.75) is 187 Å². The first-order chi connectivity index (χ1) is 31.7. The predicted octanol–water partition coefficient (Wildman–Crippen LogP) is 16.4. The predicted molar refractivity (Wildman–Crippen MR) is 293 cm³/mol. The molecule has 0 fully saturated rings. The Kier molecular flexibility index (Phi) is 8.87. The molecule has 6 aromatic carbocycles. The first-order valence-electron chi connectivity index (χ1n) is 26.3. The van der Waals surface area contributed by atoms with Gasteiger partial charge >= 0.3 is 6.85 Å². The third-order valence-corrected chi connectivity index (χ3v) is 19.4. The van der Waals surface area contributed by atoms with Crippen LogP contribution in [0.3, 0.4) is 0 Å². The van der Waals surface area contributed by atoms with Gasteiger partial charge in [-0.3, -0.25) is 0 Å². The zero-order valence-electron chi connectivity index (χ0n) is 44.4. The molecule has 0 unspecified atom stereocenters. The number of nitrogens with zero attached hydrogens (tertiary/aromatic N) is 2. The van der Waals surface area contributed by atoms with Crippen molar-refractivity contribution in [3.63, 3.8) is 0 Å². The van der Waals surface area contributed by atoms with E-state index in [1.54, 1.807) is 0 Å². The minimum atomic E-state index is -0.144. The van der Waals surface area contributed by atoms with Crippen LogP contribution in [-0.2, 0) is 37.9 Å². The Bertz CT molecular complexity index is 3200. The summed E-state index contributed by atoms with van der Waals surface area (Å²) in [5.74, 6) is 0. The van der Waals surface area contributed by atoms with Crippen LogP contribution in [-0.4, -0.2) is 6.85 Å². The summed E-state index contributed by atoms with van der Waals surface area (Å²) in [4.78, 5) is 5.59. The highest BCUT2D eigenvalue weighted by molar-refractivity contribution is 6.93. The van der Waals surface area contributed by atoms with E-state index < -0.39 is 0 Å². The van der Waals surface area contributed by atoms with Gasteiger partial charge in [0.05, 0.1) is 0 Å². The number of hydrogen-bond acceptors (Lipinski definition) is 2. The molecular weight excluding hydrogens is 820 g/mol. The smallest absolute Gasteiger partial charge is 0.333 e. The molecule has 0 saturated carbocycles. The van der Waals surface area contributed by atoms with E-state index in [2.05, 4.69) is 211 Å². The average molecular weight is 895 g/mol. The van der Waals surface area contributed by atoms with Gasteiger partial charge in [0.2, 0.25) is 0 Å². The second-order valence-corrected chi connectivity index (χ2v) is 27.1. The zero-order valence-corrected chi connectivity index (χ0v) is 44.4. The van der Waals surface area contributed by atoms with Gasteiger partial charge in [0, 0.05) is 39.4 Å². The van der Waals surface area contributed by atoms with Crippen LogP contribution in [0.2, 0.25) is 0 Å². The highest BCUT2D eigenvalue weighted by atomic mass is 15.2. The van der Waals surface area contributed by atoms with Gasteiger partial charge in [0.25, 0.3) is 0 Å². The van der Waals surface area contributed by atoms with Crippen molar-refractivity contribution in [2.75, 3.05) is 9.71 Å².